The molecule has 3 rings (SSSR count). The fourth-order valence-corrected chi connectivity index (χ4v) is 4.50. The van der Waals surface area contributed by atoms with Crippen LogP contribution in [-0.2, 0) is 25.2 Å². The van der Waals surface area contributed by atoms with Gasteiger partial charge in [0, 0.05) is 42.4 Å². The zero-order valence-corrected chi connectivity index (χ0v) is 23.6. The van der Waals surface area contributed by atoms with Gasteiger partial charge in [-0.15, -0.1) is 16.7 Å². The van der Waals surface area contributed by atoms with Crippen LogP contribution in [0.3, 0.4) is 0 Å². The summed E-state index contributed by atoms with van der Waals surface area (Å²) in [4.78, 5) is 14.7. The van der Waals surface area contributed by atoms with E-state index in [0.29, 0.717) is 59.3 Å². The van der Waals surface area contributed by atoms with Crippen molar-refractivity contribution in [2.75, 3.05) is 13.1 Å². The Hall–Kier alpha value is -1.90. The number of nitrogens with zero attached hydrogens (tertiary/aromatic N) is 1. The zero-order chi connectivity index (χ0) is 26.0. The normalized spacial score (nSPS) is 21.3. The summed E-state index contributed by atoms with van der Waals surface area (Å²) in [5.41, 5.74) is 2.31. The number of allylic oxidation sites excluding steroid dienone is 8. The van der Waals surface area contributed by atoms with Gasteiger partial charge in [-0.05, 0) is 37.8 Å². The third kappa shape index (κ3) is 8.92. The summed E-state index contributed by atoms with van der Waals surface area (Å²) >= 11 is 11.4. The number of carbonyl (C=O) groups is 1. The Kier molecular flexibility index (Phi) is 12.2. The van der Waals surface area contributed by atoms with E-state index in [4.69, 9.17) is 32.2 Å². The van der Waals surface area contributed by atoms with Gasteiger partial charge in [0.1, 0.15) is 11.9 Å². The molecule has 190 valence electrons. The first-order valence-corrected chi connectivity index (χ1v) is 14.9. The van der Waals surface area contributed by atoms with Crippen molar-refractivity contribution in [3.8, 4) is 0 Å². The van der Waals surface area contributed by atoms with E-state index in [2.05, 4.69) is 18.9 Å². The van der Waals surface area contributed by atoms with Crippen LogP contribution in [0.2, 0.25) is 0 Å². The molecule has 5 nitrogen and oxygen atoms in total. The fraction of sp³-hybridized carbons (Fsp3) is 0.346. The number of quaternary nitrogens is 1. The predicted octanol–water partition coefficient (Wildman–Crippen LogP) is 4.87. The Morgan fingerprint density at radius 1 is 1.23 bits per heavy atom. The molecular formula is C26H31Cl2FN3O2Os+. The number of hydrogen-bond donors (Lipinski definition) is 2. The average Bonchev–Trinajstić information content (AvgIpc) is 2.84. The van der Waals surface area contributed by atoms with E-state index in [1.807, 2.05) is 17.5 Å². The monoisotopic (exact) mass is 698 g/mol. The summed E-state index contributed by atoms with van der Waals surface area (Å²) in [6.07, 6.45) is 13.1. The minimum atomic E-state index is -1.08. The molecule has 0 radical (unpaired) electrons. The quantitative estimate of drug-likeness (QED) is 0.236. The standard InChI is InChI=1S/C25H28Cl2FN3O.CH2.O.Os/c1-16(14-18-6-9-20(28)10-7-18)24(30-22-11-8-19(26)15-21(22)27)17(2)23(29)25(32)31-12-4-3-5-13-31;;;/h6,8-9,14-15,22,29-30H,1-5,7,10-13H2;1H2;;/q-2;;;+2/p+1. The molecule has 2 aliphatic carbocycles. The molecular weight excluding hydrogens is 666 g/mol. The first kappa shape index (κ1) is 29.3. The van der Waals surface area contributed by atoms with Crippen molar-refractivity contribution < 1.29 is 34.9 Å². The third-order valence-electron chi connectivity index (χ3n) is 5.89. The Labute approximate surface area is 224 Å². The molecule has 35 heavy (non-hydrogen) atoms. The molecule has 0 aromatic rings. The second kappa shape index (κ2) is 14.6. The van der Waals surface area contributed by atoms with Gasteiger partial charge < -0.3 is 15.6 Å². The van der Waals surface area contributed by atoms with Crippen molar-refractivity contribution in [3.63, 3.8) is 0 Å². The van der Waals surface area contributed by atoms with Crippen molar-refractivity contribution in [1.29, 1.82) is 5.41 Å². The van der Waals surface area contributed by atoms with Crippen molar-refractivity contribution in [1.82, 2.24) is 4.90 Å². The van der Waals surface area contributed by atoms with E-state index in [-0.39, 0.29) is 23.5 Å². The van der Waals surface area contributed by atoms with E-state index < -0.39 is 16.9 Å². The minimum absolute atomic E-state index is 0.138. The van der Waals surface area contributed by atoms with Crippen LogP contribution in [0.1, 0.15) is 38.5 Å². The number of hydrogen-bond acceptors (Lipinski definition) is 3. The number of likely N-dealkylation sites (tertiary alicyclic amines) is 1. The molecule has 0 aromatic heterocycles. The number of amides is 1. The molecule has 9 heteroatoms. The van der Waals surface area contributed by atoms with Crippen LogP contribution in [-0.4, -0.2) is 40.7 Å². The van der Waals surface area contributed by atoms with E-state index in [1.54, 1.807) is 17.1 Å². The van der Waals surface area contributed by atoms with Gasteiger partial charge in [0.2, 0.25) is 5.91 Å². The van der Waals surface area contributed by atoms with Gasteiger partial charge in [0.15, 0.2) is 0 Å². The fourth-order valence-electron chi connectivity index (χ4n) is 3.97. The van der Waals surface area contributed by atoms with E-state index >= 15 is 0 Å². The van der Waals surface area contributed by atoms with Gasteiger partial charge in [-0.1, -0.05) is 35.4 Å². The first-order chi connectivity index (χ1) is 16.7. The third-order valence-corrected chi connectivity index (χ3v) is 6.54. The molecule has 1 atom stereocenters. The van der Waals surface area contributed by atoms with Crippen molar-refractivity contribution in [2.45, 2.75) is 44.6 Å². The second-order valence-electron chi connectivity index (χ2n) is 8.37. The van der Waals surface area contributed by atoms with Crippen molar-refractivity contribution in [2.24, 2.45) is 0 Å². The topological polar surface area (TPSA) is 77.8 Å². The average molecular weight is 698 g/mol. The second-order valence-corrected chi connectivity index (χ2v) is 9.98. The molecule has 0 saturated carbocycles. The molecule has 0 spiro atoms. The van der Waals surface area contributed by atoms with Crippen LogP contribution < -0.4 is 5.32 Å². The molecule has 1 heterocycles. The van der Waals surface area contributed by atoms with Crippen LogP contribution in [0.5, 0.6) is 0 Å². The summed E-state index contributed by atoms with van der Waals surface area (Å²) in [5, 5.41) is 14.7. The Morgan fingerprint density at radius 3 is 2.46 bits per heavy atom. The van der Waals surface area contributed by atoms with Crippen LogP contribution in [0.4, 0.5) is 4.39 Å². The Bertz CT molecular complexity index is 1060. The number of piperidine rings is 1. The van der Waals surface area contributed by atoms with Gasteiger partial charge in [-0.3, -0.25) is 4.79 Å². The number of nitrogens with two attached hydrogens (primary N) is 1. The molecule has 1 amide bonds. The van der Waals surface area contributed by atoms with Gasteiger partial charge in [0.25, 0.3) is 0 Å². The first-order valence-electron chi connectivity index (χ1n) is 11.3. The summed E-state index contributed by atoms with van der Waals surface area (Å²) in [6, 6.07) is -0.161. The van der Waals surface area contributed by atoms with Crippen LogP contribution in [0.25, 0.3) is 0 Å². The zero-order valence-electron chi connectivity index (χ0n) is 19.6. The van der Waals surface area contributed by atoms with Crippen LogP contribution in [0.15, 0.2) is 68.7 Å². The van der Waals surface area contributed by atoms with E-state index in [0.717, 1.165) is 24.8 Å². The molecule has 0 bridgehead atoms. The number of rotatable bonds is 6. The molecule has 1 aliphatic heterocycles. The molecule has 1 fully saturated rings. The SMILES string of the molecule is [CH2-]C(=CC1=CC=C(F)CC1)C([NH2+]C1CC=C(Cl)C=C1Cl)=C([CH2-])C(=N)C(=O)N1CCCCC1.[CH2]=[Os+2]=[O]. The summed E-state index contributed by atoms with van der Waals surface area (Å²) < 4.78 is 22.3. The maximum absolute atomic E-state index is 13.4. The van der Waals surface area contributed by atoms with E-state index in [1.165, 1.54) is 6.08 Å². The predicted molar refractivity (Wildman–Crippen MR) is 136 cm³/mol. The molecule has 3 aliphatic rings. The van der Waals surface area contributed by atoms with Gasteiger partial charge in [0.05, 0.1) is 5.03 Å². The van der Waals surface area contributed by atoms with Crippen molar-refractivity contribution in [3.05, 3.63) is 82.5 Å². The summed E-state index contributed by atoms with van der Waals surface area (Å²) in [7, 11) is 0. The summed E-state index contributed by atoms with van der Waals surface area (Å²) in [6.45, 7) is 9.59. The van der Waals surface area contributed by atoms with Crippen LogP contribution in [0, 0.1) is 19.3 Å². The molecule has 1 unspecified atom stereocenters. The molecule has 3 N–H and O–H groups in total. The maximum atomic E-state index is 13.4. The Morgan fingerprint density at radius 2 is 1.89 bits per heavy atom. The van der Waals surface area contributed by atoms with Crippen molar-refractivity contribution >= 4 is 39.9 Å². The number of nitrogens with one attached hydrogen (secondary N) is 1. The number of halogens is 3. The number of carbonyl (C=O) groups excluding carboxylic acids is 1. The van der Waals surface area contributed by atoms with Gasteiger partial charge >= 0.3 is 25.5 Å². The molecule has 1 saturated heterocycles. The molecule has 0 aromatic carbocycles. The van der Waals surface area contributed by atoms with E-state index in [9.17, 15) is 9.18 Å². The Balaban J connectivity index is 0.00000137. The summed E-state index contributed by atoms with van der Waals surface area (Å²) in [5.74, 6) is -0.465. The van der Waals surface area contributed by atoms with Gasteiger partial charge in [-0.2, -0.15) is 19.9 Å². The van der Waals surface area contributed by atoms with Crippen LogP contribution >= 0.6 is 23.2 Å². The van der Waals surface area contributed by atoms with Gasteiger partial charge in [-0.25, -0.2) is 4.39 Å².